The Kier molecular flexibility index (Phi) is 6.05. The monoisotopic (exact) mass is 477 g/mol. The first-order valence-electron chi connectivity index (χ1n) is 11.2. The number of likely N-dealkylation sites (N-methyl/N-ethyl adjacent to an activating group) is 1. The lowest BCUT2D eigenvalue weighted by Gasteiger charge is -2.35. The highest BCUT2D eigenvalue weighted by Gasteiger charge is 2.25. The molecule has 2 saturated heterocycles. The van der Waals surface area contributed by atoms with Gasteiger partial charge in [-0.25, -0.2) is 14.4 Å². The van der Waals surface area contributed by atoms with Crippen molar-refractivity contribution in [2.24, 2.45) is 0 Å². The van der Waals surface area contributed by atoms with Gasteiger partial charge in [0.1, 0.15) is 11.6 Å². The van der Waals surface area contributed by atoms with Crippen molar-refractivity contribution in [3.63, 3.8) is 0 Å². The lowest BCUT2D eigenvalue weighted by molar-refractivity contribution is -0.115. The highest BCUT2D eigenvalue weighted by molar-refractivity contribution is 8.18. The minimum Gasteiger partial charge on any atom is -0.367 e. The van der Waals surface area contributed by atoms with Gasteiger partial charge in [-0.1, -0.05) is 19.1 Å². The molecule has 2 amide bonds. The summed E-state index contributed by atoms with van der Waals surface area (Å²) in [5.41, 5.74) is 3.36. The van der Waals surface area contributed by atoms with Crippen molar-refractivity contribution in [1.82, 2.24) is 20.2 Å². The first-order valence-corrected chi connectivity index (χ1v) is 12.0. The Morgan fingerprint density at radius 3 is 2.56 bits per heavy atom. The van der Waals surface area contributed by atoms with Crippen LogP contribution in [0.5, 0.6) is 0 Å². The first kappa shape index (κ1) is 22.5. The molecule has 1 N–H and O–H groups in total. The lowest BCUT2D eigenvalue weighted by atomic mass is 10.0. The zero-order valence-electron chi connectivity index (χ0n) is 19.0. The topological polar surface area (TPSA) is 78.4 Å². The maximum Gasteiger partial charge on any atom is 0.290 e. The summed E-state index contributed by atoms with van der Waals surface area (Å²) in [4.78, 5) is 37.3. The van der Waals surface area contributed by atoms with Crippen LogP contribution in [0.3, 0.4) is 0 Å². The van der Waals surface area contributed by atoms with Gasteiger partial charge in [-0.15, -0.1) is 0 Å². The third kappa shape index (κ3) is 4.41. The first-order chi connectivity index (χ1) is 16.4. The molecule has 2 aromatic carbocycles. The lowest BCUT2D eigenvalue weighted by Crippen LogP contribution is -2.46. The summed E-state index contributed by atoms with van der Waals surface area (Å²) in [6.07, 6.45) is 1.66. The Bertz CT molecular complexity index is 1330. The highest BCUT2D eigenvalue weighted by Crippen LogP contribution is 2.32. The number of piperazine rings is 1. The van der Waals surface area contributed by atoms with E-state index >= 15 is 4.39 Å². The van der Waals surface area contributed by atoms with Crippen LogP contribution < -0.4 is 10.2 Å². The standard InChI is InChI=1S/C25H24FN5O2S/c1-3-30-8-10-31(11-9-30)21-7-5-17(14-19(21)26)23-18-12-16(4-6-20(18)27-15(2)28-23)13-22-24(32)29-25(33)34-22/h4-7,12-14H,3,8-11H2,1-2H3,(H,29,32,33)/b22-13-. The van der Waals surface area contributed by atoms with Gasteiger partial charge in [0.15, 0.2) is 0 Å². The molecular weight excluding hydrogens is 453 g/mol. The molecule has 0 radical (unpaired) electrons. The van der Waals surface area contributed by atoms with E-state index in [-0.39, 0.29) is 11.1 Å². The van der Waals surface area contributed by atoms with Crippen molar-refractivity contribution >= 4 is 45.6 Å². The number of benzene rings is 2. The van der Waals surface area contributed by atoms with Crippen LogP contribution in [0.15, 0.2) is 41.3 Å². The van der Waals surface area contributed by atoms with Gasteiger partial charge in [0.25, 0.3) is 11.1 Å². The number of amides is 2. The van der Waals surface area contributed by atoms with Crippen LogP contribution >= 0.6 is 11.8 Å². The van der Waals surface area contributed by atoms with E-state index < -0.39 is 5.91 Å². The fourth-order valence-corrected chi connectivity index (χ4v) is 5.04. The number of imide groups is 1. The summed E-state index contributed by atoms with van der Waals surface area (Å²) in [5, 5.41) is 2.62. The second-order valence-corrected chi connectivity index (χ2v) is 9.35. The predicted octanol–water partition coefficient (Wildman–Crippen LogP) is 4.21. The number of carbonyl (C=O) groups excluding carboxylic acids is 2. The molecule has 2 fully saturated rings. The largest absolute Gasteiger partial charge is 0.367 e. The maximum atomic E-state index is 15.2. The molecule has 9 heteroatoms. The molecule has 3 heterocycles. The van der Waals surface area contributed by atoms with Crippen molar-refractivity contribution in [3.05, 3.63) is 58.5 Å². The van der Waals surface area contributed by atoms with Gasteiger partial charge >= 0.3 is 0 Å². The molecule has 0 bridgehead atoms. The summed E-state index contributed by atoms with van der Waals surface area (Å²) < 4.78 is 15.2. The number of carbonyl (C=O) groups is 2. The van der Waals surface area contributed by atoms with Gasteiger partial charge in [-0.3, -0.25) is 14.9 Å². The third-order valence-corrected chi connectivity index (χ3v) is 6.96. The van der Waals surface area contributed by atoms with Gasteiger partial charge in [-0.05, 0) is 61.1 Å². The number of aryl methyl sites for hydroxylation is 1. The molecule has 3 aromatic rings. The number of nitrogens with one attached hydrogen (secondary N) is 1. The average molecular weight is 478 g/mol. The molecule has 7 nitrogen and oxygen atoms in total. The molecule has 0 atom stereocenters. The smallest absolute Gasteiger partial charge is 0.290 e. The normalized spacial score (nSPS) is 18.2. The van der Waals surface area contributed by atoms with Gasteiger partial charge in [0, 0.05) is 37.1 Å². The predicted molar refractivity (Wildman–Crippen MR) is 133 cm³/mol. The summed E-state index contributed by atoms with van der Waals surface area (Å²) >= 11 is 0.868. The van der Waals surface area contributed by atoms with Gasteiger partial charge < -0.3 is 9.80 Å². The molecule has 0 aliphatic carbocycles. The fraction of sp³-hybridized carbons (Fsp3) is 0.280. The van der Waals surface area contributed by atoms with E-state index in [0.29, 0.717) is 27.7 Å². The SMILES string of the molecule is CCN1CCN(c2ccc(-c3nc(C)nc4ccc(/C=C5\SC(=O)NC5=O)cc34)cc2F)CC1. The third-order valence-electron chi connectivity index (χ3n) is 6.15. The number of anilines is 1. The second kappa shape index (κ2) is 9.15. The molecule has 34 heavy (non-hydrogen) atoms. The number of aromatic nitrogens is 2. The molecule has 2 aliphatic rings. The van der Waals surface area contributed by atoms with E-state index in [1.54, 1.807) is 6.08 Å². The van der Waals surface area contributed by atoms with E-state index in [4.69, 9.17) is 0 Å². The number of rotatable bonds is 4. The van der Waals surface area contributed by atoms with Gasteiger partial charge in [0.05, 0.1) is 21.8 Å². The van der Waals surface area contributed by atoms with E-state index in [2.05, 4.69) is 32.0 Å². The molecule has 0 unspecified atom stereocenters. The number of hydrogen-bond acceptors (Lipinski definition) is 7. The zero-order valence-corrected chi connectivity index (χ0v) is 19.8. The van der Waals surface area contributed by atoms with Crippen molar-refractivity contribution in [3.8, 4) is 11.3 Å². The van der Waals surface area contributed by atoms with Crippen molar-refractivity contribution in [2.75, 3.05) is 37.6 Å². The summed E-state index contributed by atoms with van der Waals surface area (Å²) in [6, 6.07) is 10.8. The van der Waals surface area contributed by atoms with E-state index in [1.165, 1.54) is 6.07 Å². The minimum absolute atomic E-state index is 0.275. The van der Waals surface area contributed by atoms with E-state index in [9.17, 15) is 9.59 Å². The fourth-order valence-electron chi connectivity index (χ4n) is 4.36. The Hall–Kier alpha value is -3.30. The summed E-state index contributed by atoms with van der Waals surface area (Å²) in [7, 11) is 0. The Morgan fingerprint density at radius 1 is 1.09 bits per heavy atom. The maximum absolute atomic E-state index is 15.2. The van der Waals surface area contributed by atoms with Crippen LogP contribution in [0, 0.1) is 12.7 Å². The number of nitrogens with zero attached hydrogens (tertiary/aromatic N) is 4. The Balaban J connectivity index is 1.51. The summed E-state index contributed by atoms with van der Waals surface area (Å²) in [6.45, 7) is 8.40. The zero-order chi connectivity index (χ0) is 23.8. The number of halogens is 1. The van der Waals surface area contributed by atoms with Crippen LogP contribution in [-0.2, 0) is 4.79 Å². The molecular formula is C25H24FN5O2S. The van der Waals surface area contributed by atoms with Crippen molar-refractivity contribution in [2.45, 2.75) is 13.8 Å². The molecule has 0 saturated carbocycles. The number of fused-ring (bicyclic) bond motifs is 1. The molecule has 5 rings (SSSR count). The van der Waals surface area contributed by atoms with Crippen molar-refractivity contribution < 1.29 is 14.0 Å². The van der Waals surface area contributed by atoms with E-state index in [1.807, 2.05) is 37.3 Å². The number of thioether (sulfide) groups is 1. The Labute approximate surface area is 201 Å². The highest BCUT2D eigenvalue weighted by atomic mass is 32.2. The average Bonchev–Trinajstić information content (AvgIpc) is 3.15. The molecule has 174 valence electrons. The van der Waals surface area contributed by atoms with Crippen LogP contribution in [0.2, 0.25) is 0 Å². The Morgan fingerprint density at radius 2 is 1.88 bits per heavy atom. The van der Waals surface area contributed by atoms with E-state index in [0.717, 1.165) is 61.0 Å². The second-order valence-electron chi connectivity index (χ2n) is 8.34. The van der Waals surface area contributed by atoms with Crippen LogP contribution in [0.25, 0.3) is 28.2 Å². The van der Waals surface area contributed by atoms with Crippen LogP contribution in [0.1, 0.15) is 18.3 Å². The minimum atomic E-state index is -0.409. The summed E-state index contributed by atoms with van der Waals surface area (Å²) in [5.74, 6) is -0.0966. The van der Waals surface area contributed by atoms with Gasteiger partial charge in [0.2, 0.25) is 0 Å². The number of hydrogen-bond donors (Lipinski definition) is 1. The van der Waals surface area contributed by atoms with Crippen LogP contribution in [0.4, 0.5) is 14.9 Å². The quantitative estimate of drug-likeness (QED) is 0.564. The van der Waals surface area contributed by atoms with Crippen LogP contribution in [-0.4, -0.2) is 58.7 Å². The van der Waals surface area contributed by atoms with Gasteiger partial charge in [-0.2, -0.15) is 0 Å². The molecule has 1 aromatic heterocycles. The molecule has 2 aliphatic heterocycles. The molecule has 0 spiro atoms. The van der Waals surface area contributed by atoms with Crippen molar-refractivity contribution in [1.29, 1.82) is 0 Å².